The first kappa shape index (κ1) is 14.9. The van der Waals surface area contributed by atoms with E-state index in [-0.39, 0.29) is 5.78 Å². The smallest absolute Gasteiger partial charge is 0.311 e. The number of allylic oxidation sites excluding steroid dienone is 2. The molecule has 0 heterocycles. The van der Waals surface area contributed by atoms with Crippen molar-refractivity contribution in [2.24, 2.45) is 0 Å². The molecule has 0 atom stereocenters. The zero-order chi connectivity index (χ0) is 12.4. The lowest BCUT2D eigenvalue weighted by Crippen LogP contribution is -2.04. The number of carboxylic acid groups (broad SMARTS) is 1. The summed E-state index contributed by atoms with van der Waals surface area (Å²) in [6.45, 7) is 4.06. The van der Waals surface area contributed by atoms with Crippen molar-refractivity contribution in [2.45, 2.75) is 58.8 Å². The summed E-state index contributed by atoms with van der Waals surface area (Å²) in [7, 11) is 0. The van der Waals surface area contributed by atoms with E-state index in [4.69, 9.17) is 5.11 Å². The number of hydrogen-bond donors (Lipinski definition) is 1. The molecule has 0 rings (SSSR count). The SMILES string of the molecule is CCCCCCC/C(C)=C/C(=O)CC(=O)O. The summed E-state index contributed by atoms with van der Waals surface area (Å²) in [5, 5.41) is 8.42. The molecule has 0 spiro atoms. The van der Waals surface area contributed by atoms with Gasteiger partial charge in [0.1, 0.15) is 6.42 Å². The number of carbonyl (C=O) groups is 2. The van der Waals surface area contributed by atoms with Crippen molar-refractivity contribution < 1.29 is 14.7 Å². The third-order valence-electron chi connectivity index (χ3n) is 2.41. The molecule has 0 saturated heterocycles. The molecule has 0 radical (unpaired) electrons. The number of aliphatic carboxylic acids is 1. The normalized spacial score (nSPS) is 11.5. The van der Waals surface area contributed by atoms with Crippen LogP contribution in [0.4, 0.5) is 0 Å². The first-order valence-electron chi connectivity index (χ1n) is 5.98. The molecular formula is C13H22O3. The molecule has 0 aromatic rings. The lowest BCUT2D eigenvalue weighted by atomic mass is 10.1. The van der Waals surface area contributed by atoms with Crippen molar-refractivity contribution in [3.05, 3.63) is 11.6 Å². The van der Waals surface area contributed by atoms with Crippen LogP contribution in [0, 0.1) is 0 Å². The van der Waals surface area contributed by atoms with Crippen molar-refractivity contribution >= 4 is 11.8 Å². The van der Waals surface area contributed by atoms with Gasteiger partial charge in [0.2, 0.25) is 0 Å². The molecule has 0 aromatic carbocycles. The minimum atomic E-state index is -1.06. The fourth-order valence-corrected chi connectivity index (χ4v) is 1.55. The lowest BCUT2D eigenvalue weighted by Gasteiger charge is -2.01. The predicted octanol–water partition coefficient (Wildman–Crippen LogP) is 3.34. The molecule has 0 saturated carbocycles. The molecule has 1 N–H and O–H groups in total. The largest absolute Gasteiger partial charge is 0.481 e. The maximum Gasteiger partial charge on any atom is 0.311 e. The van der Waals surface area contributed by atoms with Gasteiger partial charge in [0.05, 0.1) is 0 Å². The lowest BCUT2D eigenvalue weighted by molar-refractivity contribution is -0.139. The van der Waals surface area contributed by atoms with Crippen LogP contribution in [0.25, 0.3) is 0 Å². The number of carboxylic acids is 1. The van der Waals surface area contributed by atoms with Gasteiger partial charge in [0.25, 0.3) is 0 Å². The van der Waals surface area contributed by atoms with Crippen LogP contribution in [0.15, 0.2) is 11.6 Å². The Bertz CT molecular complexity index is 254. The van der Waals surface area contributed by atoms with Crippen LogP contribution in [0.1, 0.15) is 58.8 Å². The summed E-state index contributed by atoms with van der Waals surface area (Å²) in [6, 6.07) is 0. The fourth-order valence-electron chi connectivity index (χ4n) is 1.55. The second-order valence-corrected chi connectivity index (χ2v) is 4.19. The Morgan fingerprint density at radius 1 is 1.12 bits per heavy atom. The summed E-state index contributed by atoms with van der Waals surface area (Å²) in [6.07, 6.45) is 7.98. The zero-order valence-electron chi connectivity index (χ0n) is 10.3. The number of hydrogen-bond acceptors (Lipinski definition) is 2. The molecule has 16 heavy (non-hydrogen) atoms. The van der Waals surface area contributed by atoms with Gasteiger partial charge >= 0.3 is 5.97 Å². The summed E-state index contributed by atoms with van der Waals surface area (Å²) < 4.78 is 0. The van der Waals surface area contributed by atoms with Crippen molar-refractivity contribution in [3.8, 4) is 0 Å². The van der Waals surface area contributed by atoms with Crippen molar-refractivity contribution in [2.75, 3.05) is 0 Å². The minimum absolute atomic E-state index is 0.307. The maximum absolute atomic E-state index is 11.1. The first-order chi connectivity index (χ1) is 7.56. The third-order valence-corrected chi connectivity index (χ3v) is 2.41. The van der Waals surface area contributed by atoms with Crippen LogP contribution in [0.3, 0.4) is 0 Å². The molecule has 3 heteroatoms. The average Bonchev–Trinajstić information content (AvgIpc) is 2.15. The third kappa shape index (κ3) is 9.44. The van der Waals surface area contributed by atoms with E-state index in [0.717, 1.165) is 18.4 Å². The highest BCUT2D eigenvalue weighted by Gasteiger charge is 2.04. The molecule has 0 fully saturated rings. The highest BCUT2D eigenvalue weighted by atomic mass is 16.4. The van der Waals surface area contributed by atoms with Gasteiger partial charge in [0, 0.05) is 0 Å². The number of rotatable bonds is 9. The van der Waals surface area contributed by atoms with E-state index < -0.39 is 12.4 Å². The molecule has 0 aromatic heterocycles. The van der Waals surface area contributed by atoms with E-state index >= 15 is 0 Å². The Kier molecular flexibility index (Phi) is 8.49. The van der Waals surface area contributed by atoms with Crippen molar-refractivity contribution in [1.82, 2.24) is 0 Å². The predicted molar refractivity (Wildman–Crippen MR) is 64.4 cm³/mol. The number of ketones is 1. The topological polar surface area (TPSA) is 54.4 Å². The minimum Gasteiger partial charge on any atom is -0.481 e. The van der Waals surface area contributed by atoms with Crippen LogP contribution in [-0.2, 0) is 9.59 Å². The molecule has 0 aliphatic heterocycles. The van der Waals surface area contributed by atoms with Gasteiger partial charge in [-0.2, -0.15) is 0 Å². The Morgan fingerprint density at radius 3 is 2.31 bits per heavy atom. The number of carbonyl (C=O) groups excluding carboxylic acids is 1. The molecule has 0 unspecified atom stereocenters. The molecule has 92 valence electrons. The molecule has 0 aliphatic carbocycles. The van der Waals surface area contributed by atoms with Gasteiger partial charge in [-0.25, -0.2) is 0 Å². The summed E-state index contributed by atoms with van der Waals surface area (Å²) in [4.78, 5) is 21.4. The summed E-state index contributed by atoms with van der Waals surface area (Å²) in [5.74, 6) is -1.37. The van der Waals surface area contributed by atoms with Gasteiger partial charge < -0.3 is 5.11 Å². The fraction of sp³-hybridized carbons (Fsp3) is 0.692. The zero-order valence-corrected chi connectivity index (χ0v) is 10.3. The molecule has 0 aliphatic rings. The standard InChI is InChI=1S/C13H22O3/c1-3-4-5-6-7-8-11(2)9-12(14)10-13(15)16/h9H,3-8,10H2,1-2H3,(H,15,16)/b11-9+. The molecule has 0 amide bonds. The van der Waals surface area contributed by atoms with Gasteiger partial charge in [-0.1, -0.05) is 38.2 Å². The van der Waals surface area contributed by atoms with Crippen LogP contribution in [0.5, 0.6) is 0 Å². The van der Waals surface area contributed by atoms with Crippen molar-refractivity contribution in [1.29, 1.82) is 0 Å². The molecular weight excluding hydrogens is 204 g/mol. The monoisotopic (exact) mass is 226 g/mol. The maximum atomic E-state index is 11.1. The second-order valence-electron chi connectivity index (χ2n) is 4.19. The van der Waals surface area contributed by atoms with Gasteiger partial charge in [-0.05, 0) is 25.8 Å². The van der Waals surface area contributed by atoms with Crippen LogP contribution >= 0.6 is 0 Å². The van der Waals surface area contributed by atoms with Crippen LogP contribution < -0.4 is 0 Å². The van der Waals surface area contributed by atoms with Gasteiger partial charge in [-0.15, -0.1) is 0 Å². The van der Waals surface area contributed by atoms with Crippen LogP contribution in [0.2, 0.25) is 0 Å². The Hall–Kier alpha value is -1.12. The molecule has 3 nitrogen and oxygen atoms in total. The summed E-state index contributed by atoms with van der Waals surface area (Å²) in [5.41, 5.74) is 0.989. The average molecular weight is 226 g/mol. The van der Waals surface area contributed by atoms with E-state index in [2.05, 4.69) is 6.92 Å². The number of unbranched alkanes of at least 4 members (excludes halogenated alkanes) is 4. The van der Waals surface area contributed by atoms with Gasteiger partial charge in [-0.3, -0.25) is 9.59 Å². The van der Waals surface area contributed by atoms with E-state index in [1.807, 2.05) is 6.92 Å². The highest BCUT2D eigenvalue weighted by Crippen LogP contribution is 2.10. The quantitative estimate of drug-likeness (QED) is 0.372. The van der Waals surface area contributed by atoms with Crippen molar-refractivity contribution in [3.63, 3.8) is 0 Å². The van der Waals surface area contributed by atoms with E-state index in [1.165, 1.54) is 31.8 Å². The Morgan fingerprint density at radius 2 is 1.75 bits per heavy atom. The molecule has 0 bridgehead atoms. The Labute approximate surface area is 97.5 Å². The van der Waals surface area contributed by atoms with E-state index in [9.17, 15) is 9.59 Å². The summed E-state index contributed by atoms with van der Waals surface area (Å²) >= 11 is 0. The second kappa shape index (κ2) is 9.13. The van der Waals surface area contributed by atoms with Crippen LogP contribution in [-0.4, -0.2) is 16.9 Å². The Balaban J connectivity index is 3.70. The van der Waals surface area contributed by atoms with E-state index in [1.54, 1.807) is 0 Å². The van der Waals surface area contributed by atoms with Gasteiger partial charge in [0.15, 0.2) is 5.78 Å². The highest BCUT2D eigenvalue weighted by molar-refractivity contribution is 6.01. The van der Waals surface area contributed by atoms with E-state index in [0.29, 0.717) is 0 Å². The first-order valence-corrected chi connectivity index (χ1v) is 5.98.